The molecule has 2 amide bonds. The Bertz CT molecular complexity index is 984. The van der Waals surface area contributed by atoms with Crippen molar-refractivity contribution in [3.8, 4) is 10.6 Å². The second-order valence-electron chi connectivity index (χ2n) is 6.00. The van der Waals surface area contributed by atoms with Crippen LogP contribution in [0, 0.1) is 12.7 Å². The number of hydrogen-bond acceptors (Lipinski definition) is 7. The molecule has 0 unspecified atom stereocenters. The van der Waals surface area contributed by atoms with Crippen LogP contribution in [0.5, 0.6) is 0 Å². The Morgan fingerprint density at radius 3 is 2.62 bits per heavy atom. The van der Waals surface area contributed by atoms with Gasteiger partial charge in [-0.15, -0.1) is 11.3 Å². The molecule has 10 heteroatoms. The fraction of sp³-hybridized carbons (Fsp3) is 0.263. The monoisotopic (exact) mass is 419 g/mol. The summed E-state index contributed by atoms with van der Waals surface area (Å²) in [5, 5.41) is 5.49. The minimum Gasteiger partial charge on any atom is -0.463 e. The SMILES string of the molecule is CCOC(=O)C1=C(COC(=O)c2sc(-c3ccc(F)cc3)nc2C)NC(=O)NC1. The fourth-order valence-corrected chi connectivity index (χ4v) is 3.54. The molecule has 1 aliphatic rings. The molecular weight excluding hydrogens is 401 g/mol. The van der Waals surface area contributed by atoms with Crippen molar-refractivity contribution in [3.63, 3.8) is 0 Å². The van der Waals surface area contributed by atoms with Crippen LogP contribution in [0.15, 0.2) is 35.5 Å². The maximum Gasteiger partial charge on any atom is 0.350 e. The zero-order chi connectivity index (χ0) is 21.0. The van der Waals surface area contributed by atoms with Gasteiger partial charge in [0.2, 0.25) is 0 Å². The summed E-state index contributed by atoms with van der Waals surface area (Å²) in [5.74, 6) is -1.60. The largest absolute Gasteiger partial charge is 0.463 e. The Labute approximate surface area is 169 Å². The number of benzene rings is 1. The maximum atomic E-state index is 13.1. The van der Waals surface area contributed by atoms with E-state index in [1.54, 1.807) is 26.0 Å². The van der Waals surface area contributed by atoms with Crippen LogP contribution < -0.4 is 10.6 Å². The van der Waals surface area contributed by atoms with E-state index in [-0.39, 0.29) is 41.7 Å². The molecule has 152 valence electrons. The van der Waals surface area contributed by atoms with Gasteiger partial charge in [0.05, 0.1) is 30.1 Å². The number of amides is 2. The number of thiazole rings is 1. The Morgan fingerprint density at radius 1 is 1.21 bits per heavy atom. The molecule has 2 N–H and O–H groups in total. The average molecular weight is 419 g/mol. The number of hydrogen-bond donors (Lipinski definition) is 2. The smallest absolute Gasteiger partial charge is 0.350 e. The van der Waals surface area contributed by atoms with Crippen LogP contribution in [-0.2, 0) is 14.3 Å². The molecule has 1 aromatic carbocycles. The highest BCUT2D eigenvalue weighted by molar-refractivity contribution is 7.17. The fourth-order valence-electron chi connectivity index (χ4n) is 2.57. The van der Waals surface area contributed by atoms with Crippen molar-refractivity contribution < 1.29 is 28.2 Å². The molecule has 0 aliphatic carbocycles. The first-order valence-electron chi connectivity index (χ1n) is 8.73. The molecule has 0 saturated carbocycles. The van der Waals surface area contributed by atoms with Crippen molar-refractivity contribution in [1.82, 2.24) is 15.6 Å². The van der Waals surface area contributed by atoms with E-state index in [1.165, 1.54) is 12.1 Å². The van der Waals surface area contributed by atoms with Crippen molar-refractivity contribution in [2.24, 2.45) is 0 Å². The molecule has 0 atom stereocenters. The zero-order valence-corrected chi connectivity index (χ0v) is 16.5. The van der Waals surface area contributed by atoms with Crippen molar-refractivity contribution in [2.45, 2.75) is 13.8 Å². The number of esters is 2. The summed E-state index contributed by atoms with van der Waals surface area (Å²) in [4.78, 5) is 40.7. The summed E-state index contributed by atoms with van der Waals surface area (Å²) in [5.41, 5.74) is 1.50. The molecule has 2 aromatic rings. The van der Waals surface area contributed by atoms with E-state index in [1.807, 2.05) is 0 Å². The van der Waals surface area contributed by atoms with E-state index in [9.17, 15) is 18.8 Å². The molecule has 8 nitrogen and oxygen atoms in total. The third-order valence-corrected chi connectivity index (χ3v) is 5.18. The van der Waals surface area contributed by atoms with Gasteiger partial charge in [0.15, 0.2) is 0 Å². The Hall–Kier alpha value is -3.27. The number of carbonyl (C=O) groups is 3. The lowest BCUT2D eigenvalue weighted by molar-refractivity contribution is -0.138. The van der Waals surface area contributed by atoms with Gasteiger partial charge in [0.1, 0.15) is 22.3 Å². The second-order valence-corrected chi connectivity index (χ2v) is 7.00. The van der Waals surface area contributed by atoms with Crippen LogP contribution in [0.3, 0.4) is 0 Å². The topological polar surface area (TPSA) is 107 Å². The van der Waals surface area contributed by atoms with Crippen molar-refractivity contribution in [2.75, 3.05) is 19.8 Å². The number of halogens is 1. The highest BCUT2D eigenvalue weighted by atomic mass is 32.1. The molecule has 0 spiro atoms. The lowest BCUT2D eigenvalue weighted by Crippen LogP contribution is -2.45. The molecule has 0 fully saturated rings. The number of ether oxygens (including phenoxy) is 2. The summed E-state index contributed by atoms with van der Waals surface area (Å²) in [7, 11) is 0. The molecule has 1 aromatic heterocycles. The van der Waals surface area contributed by atoms with E-state index in [0.29, 0.717) is 16.3 Å². The lowest BCUT2D eigenvalue weighted by atomic mass is 10.2. The number of rotatable bonds is 6. The minimum absolute atomic E-state index is 0.0220. The molecule has 0 radical (unpaired) electrons. The van der Waals surface area contributed by atoms with Gasteiger partial charge in [-0.25, -0.2) is 23.8 Å². The van der Waals surface area contributed by atoms with Crippen molar-refractivity contribution in [1.29, 1.82) is 0 Å². The quantitative estimate of drug-likeness (QED) is 0.697. The van der Waals surface area contributed by atoms with E-state index < -0.39 is 18.0 Å². The van der Waals surface area contributed by atoms with Gasteiger partial charge in [0.25, 0.3) is 0 Å². The van der Waals surface area contributed by atoms with Crippen LogP contribution in [-0.4, -0.2) is 42.7 Å². The highest BCUT2D eigenvalue weighted by Gasteiger charge is 2.25. The van der Waals surface area contributed by atoms with Gasteiger partial charge >= 0.3 is 18.0 Å². The zero-order valence-electron chi connectivity index (χ0n) is 15.7. The van der Waals surface area contributed by atoms with Crippen molar-refractivity contribution in [3.05, 3.63) is 51.9 Å². The molecule has 2 heterocycles. The number of carbonyl (C=O) groups excluding carboxylic acids is 3. The van der Waals surface area contributed by atoms with Crippen LogP contribution >= 0.6 is 11.3 Å². The first-order chi connectivity index (χ1) is 13.9. The standard InChI is InChI=1S/C19H18FN3O5S/c1-3-27-17(24)13-8-21-19(26)23-14(13)9-28-18(25)15-10(2)22-16(29-15)11-4-6-12(20)7-5-11/h4-7H,3,8-9H2,1-2H3,(H2,21,23,26). The predicted octanol–water partition coefficient (Wildman–Crippen LogP) is 2.54. The van der Waals surface area contributed by atoms with Gasteiger partial charge in [-0.1, -0.05) is 0 Å². The normalized spacial score (nSPS) is 13.6. The number of urea groups is 1. The molecule has 0 saturated heterocycles. The number of aryl methyl sites for hydroxylation is 1. The first-order valence-corrected chi connectivity index (χ1v) is 9.55. The Morgan fingerprint density at radius 2 is 1.93 bits per heavy atom. The molecular formula is C19H18FN3O5S. The van der Waals surface area contributed by atoms with Crippen LogP contribution in [0.1, 0.15) is 22.3 Å². The number of nitrogens with one attached hydrogen (secondary N) is 2. The lowest BCUT2D eigenvalue weighted by Gasteiger charge is -2.21. The predicted molar refractivity (Wildman–Crippen MR) is 103 cm³/mol. The van der Waals surface area contributed by atoms with Crippen molar-refractivity contribution >= 4 is 29.3 Å². The minimum atomic E-state index is -0.642. The molecule has 0 bridgehead atoms. The summed E-state index contributed by atoms with van der Waals surface area (Å²) >= 11 is 1.11. The van der Waals surface area contributed by atoms with Gasteiger partial charge in [-0.2, -0.15) is 0 Å². The molecule has 29 heavy (non-hydrogen) atoms. The Kier molecular flexibility index (Phi) is 6.23. The van der Waals surface area contributed by atoms with Gasteiger partial charge < -0.3 is 20.1 Å². The molecule has 1 aliphatic heterocycles. The summed E-state index contributed by atoms with van der Waals surface area (Å²) in [6.45, 7) is 3.18. The number of nitrogens with zero attached hydrogens (tertiary/aromatic N) is 1. The summed E-state index contributed by atoms with van der Waals surface area (Å²) < 4.78 is 23.3. The summed E-state index contributed by atoms with van der Waals surface area (Å²) in [6, 6.07) is 5.27. The van der Waals surface area contributed by atoms with E-state index in [2.05, 4.69) is 15.6 Å². The summed E-state index contributed by atoms with van der Waals surface area (Å²) in [6.07, 6.45) is 0. The third kappa shape index (κ3) is 4.77. The van der Waals surface area contributed by atoms with Gasteiger partial charge in [-0.3, -0.25) is 0 Å². The molecule has 3 rings (SSSR count). The van der Waals surface area contributed by atoms with E-state index in [0.717, 1.165) is 11.3 Å². The number of aromatic nitrogens is 1. The third-order valence-electron chi connectivity index (χ3n) is 4.00. The van der Waals surface area contributed by atoms with Gasteiger partial charge in [0, 0.05) is 5.56 Å². The van der Waals surface area contributed by atoms with Gasteiger partial charge in [-0.05, 0) is 38.1 Å². The van der Waals surface area contributed by atoms with Crippen LogP contribution in [0.2, 0.25) is 0 Å². The highest BCUT2D eigenvalue weighted by Crippen LogP contribution is 2.28. The Balaban J connectivity index is 1.75. The second kappa shape index (κ2) is 8.82. The maximum absolute atomic E-state index is 13.1. The average Bonchev–Trinajstić information content (AvgIpc) is 3.08. The van der Waals surface area contributed by atoms with E-state index >= 15 is 0 Å². The van der Waals surface area contributed by atoms with E-state index in [4.69, 9.17) is 9.47 Å². The van der Waals surface area contributed by atoms with Crippen LogP contribution in [0.25, 0.3) is 10.6 Å². The first kappa shape index (κ1) is 20.5. The van der Waals surface area contributed by atoms with Crippen LogP contribution in [0.4, 0.5) is 9.18 Å².